The van der Waals surface area contributed by atoms with Gasteiger partial charge in [-0.25, -0.2) is 8.42 Å². The van der Waals surface area contributed by atoms with E-state index in [1.165, 1.54) is 168 Å². The second-order valence-corrected chi connectivity index (χ2v) is 25.4. The monoisotopic (exact) mass is 1120 g/mol. The van der Waals surface area contributed by atoms with Gasteiger partial charge in [-0.1, -0.05) is 227 Å². The highest BCUT2D eigenvalue weighted by Gasteiger charge is 2.42. The van der Waals surface area contributed by atoms with Crippen LogP contribution in [0.4, 0.5) is 17.1 Å². The molecule has 1 aliphatic carbocycles. The van der Waals surface area contributed by atoms with Crippen LogP contribution in [0.5, 0.6) is 11.5 Å². The van der Waals surface area contributed by atoms with E-state index in [4.69, 9.17) is 22.4 Å². The molecule has 1 aromatic heterocycles. The molecule has 0 saturated carbocycles. The molecule has 0 spiro atoms. The summed E-state index contributed by atoms with van der Waals surface area (Å²) in [5, 5.41) is 0. The molecular formula is C72H94NO5S2-. The third kappa shape index (κ3) is 17.9. The van der Waals surface area contributed by atoms with Crippen LogP contribution in [0.3, 0.4) is 0 Å². The van der Waals surface area contributed by atoms with Crippen molar-refractivity contribution in [2.75, 3.05) is 24.4 Å². The maximum atomic E-state index is 9.08. The summed E-state index contributed by atoms with van der Waals surface area (Å²) in [4.78, 5) is 4.84. The Balaban J connectivity index is 0.000000320. The number of fused-ring (bicyclic) bond motifs is 4. The zero-order chi connectivity index (χ0) is 57.7. The molecule has 0 saturated heterocycles. The molecule has 7 aromatic rings. The standard InChI is InChI=1S/C53H67N.C10H14.C8H10O2S.CH4O3S/c1-7-10-12-14-16-18-36-53(37-19-17-15-13-11-8-2)51-38-41(5)22-34-49(51)50-35-27-45(39-52(50)53)44-25-32-48(33-26-44)54(46-28-20-40(4)21-29-46)47-30-23-43(24-31-47)42(6)9-3;1-3-9(2)10-7-5-4-6-8-10;1-5-7-8(6(2)11-5)10-4-3-9-7;1-5(2,3)4/h20-35,38-39,42H,7-19,36-37H2,1-6H3;4-9H,3H2,1-2H3;3-4H2,1-2H3;1H3,(H,2,3,4)/p-1. The van der Waals surface area contributed by atoms with Gasteiger partial charge in [0.05, 0.1) is 10.1 Å². The van der Waals surface area contributed by atoms with Gasteiger partial charge >= 0.3 is 0 Å². The van der Waals surface area contributed by atoms with Crippen molar-refractivity contribution in [3.05, 3.63) is 183 Å². The number of anilines is 3. The lowest BCUT2D eigenvalue weighted by Crippen LogP contribution is -2.25. The van der Waals surface area contributed by atoms with Gasteiger partial charge in [0.1, 0.15) is 13.2 Å². The number of unbranched alkanes of at least 4 members (excludes halogenated alkanes) is 10. The number of hydrogen-bond acceptors (Lipinski definition) is 7. The molecule has 430 valence electrons. The lowest BCUT2D eigenvalue weighted by molar-refractivity contribution is 0.171. The Labute approximate surface area is 488 Å². The molecule has 8 heteroatoms. The van der Waals surface area contributed by atoms with Crippen molar-refractivity contribution in [2.24, 2.45) is 0 Å². The fraction of sp³-hybridized carbons (Fsp3) is 0.444. The molecule has 2 aliphatic rings. The molecular weight excluding hydrogens is 1020 g/mol. The van der Waals surface area contributed by atoms with Crippen LogP contribution in [0.1, 0.15) is 199 Å². The van der Waals surface area contributed by atoms with E-state index in [-0.39, 0.29) is 5.41 Å². The first-order chi connectivity index (χ1) is 38.5. The van der Waals surface area contributed by atoms with E-state index in [0.29, 0.717) is 31.3 Å². The summed E-state index contributed by atoms with van der Waals surface area (Å²) in [6, 6.07) is 52.9. The number of thiophene rings is 1. The third-order valence-electron chi connectivity index (χ3n) is 16.2. The fourth-order valence-electron chi connectivity index (χ4n) is 11.3. The minimum absolute atomic E-state index is 0.0891. The van der Waals surface area contributed by atoms with Gasteiger partial charge in [0, 0.05) is 38.5 Å². The molecule has 0 N–H and O–H groups in total. The molecule has 0 bridgehead atoms. The van der Waals surface area contributed by atoms with Crippen molar-refractivity contribution in [1.82, 2.24) is 0 Å². The molecule has 0 fully saturated rings. The summed E-state index contributed by atoms with van der Waals surface area (Å²) in [5.74, 6) is 3.18. The van der Waals surface area contributed by atoms with Gasteiger partial charge in [0.25, 0.3) is 0 Å². The Bertz CT molecular complexity index is 3000. The van der Waals surface area contributed by atoms with Crippen LogP contribution in [-0.4, -0.2) is 32.4 Å². The summed E-state index contributed by atoms with van der Waals surface area (Å²) >= 11 is 1.74. The van der Waals surface area contributed by atoms with Gasteiger partial charge in [-0.15, -0.1) is 11.3 Å². The lowest BCUT2D eigenvalue weighted by Gasteiger charge is -2.33. The van der Waals surface area contributed by atoms with Crippen molar-refractivity contribution in [3.63, 3.8) is 0 Å². The number of hydrogen-bond donors (Lipinski definition) is 0. The van der Waals surface area contributed by atoms with Crippen LogP contribution in [0.15, 0.2) is 140 Å². The topological polar surface area (TPSA) is 78.9 Å². The van der Waals surface area contributed by atoms with Crippen molar-refractivity contribution in [3.8, 4) is 33.8 Å². The molecule has 80 heavy (non-hydrogen) atoms. The van der Waals surface area contributed by atoms with Gasteiger partial charge in [0.2, 0.25) is 0 Å². The quantitative estimate of drug-likeness (QED) is 0.0497. The molecule has 6 nitrogen and oxygen atoms in total. The van der Waals surface area contributed by atoms with Crippen molar-refractivity contribution in [2.45, 2.75) is 189 Å². The van der Waals surface area contributed by atoms with Crippen LogP contribution < -0.4 is 14.4 Å². The van der Waals surface area contributed by atoms with E-state index < -0.39 is 10.1 Å². The molecule has 2 heterocycles. The predicted octanol–water partition coefficient (Wildman–Crippen LogP) is 21.2. The fourth-order valence-corrected chi connectivity index (χ4v) is 12.2. The largest absolute Gasteiger partial charge is 0.748 e. The summed E-state index contributed by atoms with van der Waals surface area (Å²) in [7, 11) is -3.92. The SMILES string of the molecule is CCC(C)c1ccccc1.CCCCCCCCC1(CCCCCCCC)c2cc(C)ccc2-c2ccc(-c3ccc(N(c4ccc(C)cc4)c4ccc(C(C)CC)cc4)cc3)cc21.CS(=O)(=O)[O-].Cc1sc(C)c2c1OCCO2. The van der Waals surface area contributed by atoms with Crippen LogP contribution >= 0.6 is 11.3 Å². The maximum Gasteiger partial charge on any atom is 0.175 e. The number of ether oxygens (including phenoxy) is 2. The minimum Gasteiger partial charge on any atom is -0.748 e. The van der Waals surface area contributed by atoms with Gasteiger partial charge in [0.15, 0.2) is 11.5 Å². The van der Waals surface area contributed by atoms with Crippen LogP contribution in [0.2, 0.25) is 0 Å². The Morgan fingerprint density at radius 1 is 0.512 bits per heavy atom. The third-order valence-corrected chi connectivity index (χ3v) is 17.2. The van der Waals surface area contributed by atoms with Gasteiger partial charge < -0.3 is 18.9 Å². The van der Waals surface area contributed by atoms with E-state index in [1.807, 2.05) is 0 Å². The average Bonchev–Trinajstić information content (AvgIpc) is 3.97. The molecule has 2 unspecified atom stereocenters. The molecule has 9 rings (SSSR count). The normalized spacial score (nSPS) is 13.5. The molecule has 2 atom stereocenters. The summed E-state index contributed by atoms with van der Waals surface area (Å²) in [6.07, 6.45) is 21.6. The second-order valence-electron chi connectivity index (χ2n) is 22.5. The first-order valence-corrected chi connectivity index (χ1v) is 32.8. The van der Waals surface area contributed by atoms with E-state index in [9.17, 15) is 0 Å². The van der Waals surface area contributed by atoms with Crippen LogP contribution in [0, 0.1) is 27.7 Å². The predicted molar refractivity (Wildman–Crippen MR) is 342 cm³/mol. The average molecular weight is 1120 g/mol. The van der Waals surface area contributed by atoms with E-state index in [1.54, 1.807) is 22.5 Å². The van der Waals surface area contributed by atoms with Gasteiger partial charge in [-0.2, -0.15) is 0 Å². The smallest absolute Gasteiger partial charge is 0.175 e. The zero-order valence-corrected chi connectivity index (χ0v) is 52.1. The van der Waals surface area contributed by atoms with Crippen molar-refractivity contribution >= 4 is 38.5 Å². The number of nitrogens with zero attached hydrogens (tertiary/aromatic N) is 1. The van der Waals surface area contributed by atoms with Crippen LogP contribution in [-0.2, 0) is 15.5 Å². The van der Waals surface area contributed by atoms with Crippen LogP contribution in [0.25, 0.3) is 22.3 Å². The number of benzene rings is 6. The Morgan fingerprint density at radius 2 is 0.912 bits per heavy atom. The second kappa shape index (κ2) is 31.5. The molecule has 6 aromatic carbocycles. The zero-order valence-electron chi connectivity index (χ0n) is 50.5. The van der Waals surface area contributed by atoms with Crippen molar-refractivity contribution in [1.29, 1.82) is 0 Å². The Morgan fingerprint density at radius 3 is 1.40 bits per heavy atom. The summed E-state index contributed by atoms with van der Waals surface area (Å²) in [6.45, 7) is 23.6. The summed E-state index contributed by atoms with van der Waals surface area (Å²) in [5.41, 5.74) is 17.9. The highest BCUT2D eigenvalue weighted by Crippen LogP contribution is 2.55. The minimum atomic E-state index is -3.92. The van der Waals surface area contributed by atoms with E-state index in [2.05, 4.69) is 214 Å². The highest BCUT2D eigenvalue weighted by atomic mass is 32.2. The lowest BCUT2D eigenvalue weighted by atomic mass is 9.70. The van der Waals surface area contributed by atoms with Gasteiger partial charge in [-0.3, -0.25) is 0 Å². The molecule has 0 radical (unpaired) electrons. The highest BCUT2D eigenvalue weighted by molar-refractivity contribution is 7.84. The first-order valence-electron chi connectivity index (χ1n) is 30.2. The molecule has 0 amide bonds. The van der Waals surface area contributed by atoms with E-state index in [0.717, 1.165) is 17.9 Å². The van der Waals surface area contributed by atoms with Crippen molar-refractivity contribution < 1.29 is 22.4 Å². The van der Waals surface area contributed by atoms with E-state index >= 15 is 0 Å². The first kappa shape index (κ1) is 63.5. The maximum absolute atomic E-state index is 9.08. The Hall–Kier alpha value is -5.67. The number of aryl methyl sites for hydroxylation is 4. The molecule has 1 aliphatic heterocycles. The Kier molecular flexibility index (Phi) is 25.0. The summed E-state index contributed by atoms with van der Waals surface area (Å²) < 4.78 is 38.2. The number of rotatable bonds is 22. The van der Waals surface area contributed by atoms with Gasteiger partial charge in [-0.05, 0) is 152 Å².